The molecule has 0 aromatic rings. The highest BCUT2D eigenvalue weighted by Crippen LogP contribution is 2.21. The van der Waals surface area contributed by atoms with Gasteiger partial charge in [0.25, 0.3) is 0 Å². The average molecular weight is 359 g/mol. The molecule has 1 aliphatic heterocycles. The Morgan fingerprint density at radius 2 is 1.40 bits per heavy atom. The van der Waals surface area contributed by atoms with E-state index in [1.54, 1.807) is 41.5 Å². The van der Waals surface area contributed by atoms with E-state index in [1.165, 1.54) is 0 Å². The van der Waals surface area contributed by atoms with Crippen molar-refractivity contribution in [1.82, 2.24) is 15.5 Å². The molecule has 0 unspecified atom stereocenters. The van der Waals surface area contributed by atoms with Crippen molar-refractivity contribution in [2.45, 2.75) is 71.2 Å². The van der Waals surface area contributed by atoms with Gasteiger partial charge in [-0.2, -0.15) is 0 Å². The molecule has 25 heavy (non-hydrogen) atoms. The molecule has 9 heteroatoms. The first-order valence-corrected chi connectivity index (χ1v) is 8.22. The van der Waals surface area contributed by atoms with Gasteiger partial charge < -0.3 is 19.5 Å². The molecular weight excluding hydrogens is 330 g/mol. The summed E-state index contributed by atoms with van der Waals surface area (Å²) in [6, 6.07) is 0. The van der Waals surface area contributed by atoms with Crippen LogP contribution >= 0.6 is 0 Å². The molecule has 0 spiro atoms. The van der Waals surface area contributed by atoms with Crippen LogP contribution in [0, 0.1) is 0 Å². The van der Waals surface area contributed by atoms with E-state index in [9.17, 15) is 19.5 Å². The largest absolute Gasteiger partial charge is 0.465 e. The predicted molar refractivity (Wildman–Crippen MR) is 90.3 cm³/mol. The van der Waals surface area contributed by atoms with Crippen molar-refractivity contribution in [3.05, 3.63) is 0 Å². The van der Waals surface area contributed by atoms with Gasteiger partial charge >= 0.3 is 18.3 Å². The van der Waals surface area contributed by atoms with E-state index in [2.05, 4.69) is 10.6 Å². The van der Waals surface area contributed by atoms with Crippen molar-refractivity contribution >= 4 is 18.3 Å². The minimum Gasteiger partial charge on any atom is -0.465 e. The molecule has 1 aliphatic rings. The van der Waals surface area contributed by atoms with E-state index in [1.807, 2.05) is 0 Å². The molecular formula is C16H29N3O6. The second-order valence-corrected chi connectivity index (χ2v) is 8.14. The lowest BCUT2D eigenvalue weighted by molar-refractivity contribution is 0.0180. The van der Waals surface area contributed by atoms with Gasteiger partial charge in [-0.1, -0.05) is 0 Å². The van der Waals surface area contributed by atoms with Gasteiger partial charge in [0, 0.05) is 6.54 Å². The molecule has 0 atom stereocenters. The number of rotatable bonds is 2. The summed E-state index contributed by atoms with van der Waals surface area (Å²) >= 11 is 0. The number of carbonyl (C=O) groups is 3. The molecule has 1 heterocycles. The Labute approximate surface area is 148 Å². The number of carboxylic acid groups (broad SMARTS) is 1. The Balaban J connectivity index is 2.95. The highest BCUT2D eigenvalue weighted by molar-refractivity contribution is 5.73. The first-order valence-electron chi connectivity index (χ1n) is 8.22. The van der Waals surface area contributed by atoms with Crippen molar-refractivity contribution in [2.75, 3.05) is 13.1 Å². The monoisotopic (exact) mass is 359 g/mol. The van der Waals surface area contributed by atoms with Gasteiger partial charge in [0.2, 0.25) is 0 Å². The lowest BCUT2D eigenvalue weighted by Gasteiger charge is -2.42. The van der Waals surface area contributed by atoms with Crippen molar-refractivity contribution in [1.29, 1.82) is 0 Å². The molecule has 1 fully saturated rings. The maximum absolute atomic E-state index is 12.2. The Kier molecular flexibility index (Phi) is 6.14. The van der Waals surface area contributed by atoms with E-state index in [0.717, 1.165) is 4.90 Å². The highest BCUT2D eigenvalue weighted by atomic mass is 16.6. The Morgan fingerprint density at radius 1 is 0.960 bits per heavy atom. The fourth-order valence-electron chi connectivity index (χ4n) is 2.45. The van der Waals surface area contributed by atoms with Crippen LogP contribution in [0.15, 0.2) is 0 Å². The fraction of sp³-hybridized carbons (Fsp3) is 0.812. The SMILES string of the molecule is CC(C)(C)OC(=O)NC1(NC(=O)OC(C)(C)C)CCCN(C(=O)O)C1. The van der Waals surface area contributed by atoms with Crippen LogP contribution in [0.25, 0.3) is 0 Å². The first kappa shape index (κ1) is 20.9. The standard InChI is InChI=1S/C16H29N3O6/c1-14(2,3)24-11(20)17-16(18-12(21)25-15(4,5)6)8-7-9-19(10-16)13(22)23/h7-10H2,1-6H3,(H,17,20)(H,18,21)(H,22,23). The number of piperidine rings is 1. The molecule has 0 aromatic carbocycles. The zero-order valence-corrected chi connectivity index (χ0v) is 15.8. The Bertz CT molecular complexity index is 491. The molecule has 0 aromatic heterocycles. The molecule has 3 N–H and O–H groups in total. The van der Waals surface area contributed by atoms with Crippen molar-refractivity contribution < 1.29 is 29.0 Å². The maximum atomic E-state index is 12.2. The van der Waals surface area contributed by atoms with Gasteiger partial charge in [-0.05, 0) is 54.4 Å². The van der Waals surface area contributed by atoms with Gasteiger partial charge in [0.05, 0.1) is 6.54 Å². The van der Waals surface area contributed by atoms with E-state index >= 15 is 0 Å². The number of hydrogen-bond donors (Lipinski definition) is 3. The number of ether oxygens (including phenoxy) is 2. The highest BCUT2D eigenvalue weighted by Gasteiger charge is 2.41. The topological polar surface area (TPSA) is 117 Å². The minimum absolute atomic E-state index is 0.0964. The molecule has 144 valence electrons. The van der Waals surface area contributed by atoms with Gasteiger partial charge in [0.15, 0.2) is 0 Å². The third kappa shape index (κ3) is 7.49. The predicted octanol–water partition coefficient (Wildman–Crippen LogP) is 2.51. The number of alkyl carbamates (subject to hydrolysis) is 2. The maximum Gasteiger partial charge on any atom is 0.409 e. The fourth-order valence-corrected chi connectivity index (χ4v) is 2.45. The number of carbonyl (C=O) groups excluding carboxylic acids is 2. The Hall–Kier alpha value is -2.19. The number of nitrogens with zero attached hydrogens (tertiary/aromatic N) is 1. The van der Waals surface area contributed by atoms with E-state index < -0.39 is 35.1 Å². The van der Waals surface area contributed by atoms with Gasteiger partial charge in [0.1, 0.15) is 16.9 Å². The van der Waals surface area contributed by atoms with Crippen LogP contribution in [0.3, 0.4) is 0 Å². The van der Waals surface area contributed by atoms with E-state index in [-0.39, 0.29) is 6.54 Å². The number of likely N-dealkylation sites (tertiary alicyclic amines) is 1. The summed E-state index contributed by atoms with van der Waals surface area (Å²) in [5.74, 6) is 0. The minimum atomic E-state index is -1.29. The molecule has 1 saturated heterocycles. The summed E-state index contributed by atoms with van der Waals surface area (Å²) in [7, 11) is 0. The van der Waals surface area contributed by atoms with Gasteiger partial charge in [-0.15, -0.1) is 0 Å². The molecule has 9 nitrogen and oxygen atoms in total. The zero-order chi connectivity index (χ0) is 19.5. The van der Waals surface area contributed by atoms with Crippen LogP contribution in [0.4, 0.5) is 14.4 Å². The van der Waals surface area contributed by atoms with Crippen LogP contribution in [0.5, 0.6) is 0 Å². The summed E-state index contributed by atoms with van der Waals surface area (Å²) in [5, 5.41) is 14.5. The summed E-state index contributed by atoms with van der Waals surface area (Å²) in [6.07, 6.45) is -1.78. The van der Waals surface area contributed by atoms with E-state index in [4.69, 9.17) is 9.47 Å². The van der Waals surface area contributed by atoms with Gasteiger partial charge in [-0.3, -0.25) is 10.6 Å². The average Bonchev–Trinajstić information content (AvgIpc) is 2.32. The lowest BCUT2D eigenvalue weighted by Crippen LogP contribution is -2.69. The number of hydrogen-bond acceptors (Lipinski definition) is 5. The Morgan fingerprint density at radius 3 is 1.76 bits per heavy atom. The van der Waals surface area contributed by atoms with Crippen molar-refractivity contribution in [3.63, 3.8) is 0 Å². The van der Waals surface area contributed by atoms with Crippen LogP contribution in [-0.4, -0.2) is 58.2 Å². The van der Waals surface area contributed by atoms with Gasteiger partial charge in [-0.25, -0.2) is 14.4 Å². The number of nitrogens with one attached hydrogen (secondary N) is 2. The van der Waals surface area contributed by atoms with Crippen molar-refractivity contribution in [2.24, 2.45) is 0 Å². The van der Waals surface area contributed by atoms with E-state index in [0.29, 0.717) is 19.4 Å². The lowest BCUT2D eigenvalue weighted by atomic mass is 9.98. The third-order valence-corrected chi connectivity index (χ3v) is 3.24. The molecule has 3 amide bonds. The normalized spacial score (nSPS) is 17.4. The van der Waals surface area contributed by atoms with Crippen molar-refractivity contribution in [3.8, 4) is 0 Å². The molecule has 0 aliphatic carbocycles. The quantitative estimate of drug-likeness (QED) is 0.652. The molecule has 0 bridgehead atoms. The molecule has 1 rings (SSSR count). The summed E-state index contributed by atoms with van der Waals surface area (Å²) < 4.78 is 10.5. The smallest absolute Gasteiger partial charge is 0.409 e. The van der Waals surface area contributed by atoms with Crippen LogP contribution in [0.2, 0.25) is 0 Å². The first-order chi connectivity index (χ1) is 11.2. The second kappa shape index (κ2) is 7.37. The van der Waals surface area contributed by atoms with Crippen LogP contribution in [-0.2, 0) is 9.47 Å². The summed E-state index contributed by atoms with van der Waals surface area (Å²) in [4.78, 5) is 36.8. The van der Waals surface area contributed by atoms with Crippen LogP contribution < -0.4 is 10.6 Å². The summed E-state index contributed by atoms with van der Waals surface area (Å²) in [6.45, 7) is 10.5. The summed E-state index contributed by atoms with van der Waals surface area (Å²) in [5.41, 5.74) is -2.74. The molecule has 0 radical (unpaired) electrons. The van der Waals surface area contributed by atoms with Crippen LogP contribution in [0.1, 0.15) is 54.4 Å². The third-order valence-electron chi connectivity index (χ3n) is 3.24. The molecule has 0 saturated carbocycles. The number of amides is 3. The zero-order valence-electron chi connectivity index (χ0n) is 15.8. The second-order valence-electron chi connectivity index (χ2n) is 8.14.